The monoisotopic (exact) mass is 204 g/mol. The highest BCUT2D eigenvalue weighted by molar-refractivity contribution is 5.62. The molecule has 0 amide bonds. The zero-order chi connectivity index (χ0) is 11.4. The number of hydrogen-bond donors (Lipinski definition) is 2. The molecule has 1 atom stereocenters. The van der Waals surface area contributed by atoms with Crippen LogP contribution in [-0.2, 0) is 4.79 Å². The van der Waals surface area contributed by atoms with Crippen molar-refractivity contribution < 1.29 is 15.0 Å². The van der Waals surface area contributed by atoms with E-state index in [2.05, 4.69) is 6.92 Å². The van der Waals surface area contributed by atoms with Gasteiger partial charge in [0.05, 0.1) is 6.10 Å². The molecule has 0 saturated heterocycles. The van der Waals surface area contributed by atoms with Crippen LogP contribution >= 0.6 is 0 Å². The van der Waals surface area contributed by atoms with Gasteiger partial charge in [-0.2, -0.15) is 0 Å². The van der Waals surface area contributed by atoms with Crippen LogP contribution < -0.4 is 0 Å². The van der Waals surface area contributed by atoms with E-state index in [1.807, 2.05) is 6.92 Å². The van der Waals surface area contributed by atoms with Crippen LogP contribution in [0.15, 0.2) is 0 Å². The number of hydrogen-bond acceptors (Lipinski definition) is 2. The smallest absolute Gasteiger partial charge is 0.300 e. The first-order valence-corrected chi connectivity index (χ1v) is 5.38. The average molecular weight is 204 g/mol. The molecular formula is C11H24O3. The summed E-state index contributed by atoms with van der Waals surface area (Å²) in [4.78, 5) is 9.00. The molecule has 3 nitrogen and oxygen atoms in total. The second kappa shape index (κ2) is 12.4. The van der Waals surface area contributed by atoms with E-state index in [-0.39, 0.29) is 6.10 Å². The van der Waals surface area contributed by atoms with Gasteiger partial charge in [-0.05, 0) is 13.3 Å². The van der Waals surface area contributed by atoms with Crippen molar-refractivity contribution in [2.24, 2.45) is 0 Å². The molecule has 0 aliphatic carbocycles. The molecule has 0 heterocycles. The Bertz CT molecular complexity index is 118. The van der Waals surface area contributed by atoms with E-state index in [1.54, 1.807) is 0 Å². The molecule has 0 spiro atoms. The number of unbranched alkanes of at least 4 members (excludes halogenated alkanes) is 4. The summed E-state index contributed by atoms with van der Waals surface area (Å²) in [6.07, 6.45) is 7.35. The molecule has 1 unspecified atom stereocenters. The van der Waals surface area contributed by atoms with Crippen LogP contribution in [0.5, 0.6) is 0 Å². The fraction of sp³-hybridized carbons (Fsp3) is 0.909. The van der Waals surface area contributed by atoms with Gasteiger partial charge in [0.2, 0.25) is 0 Å². The minimum Gasteiger partial charge on any atom is -0.481 e. The third kappa shape index (κ3) is 30.1. The Hall–Kier alpha value is -0.570. The van der Waals surface area contributed by atoms with Crippen LogP contribution in [0, 0.1) is 0 Å². The highest BCUT2D eigenvalue weighted by Crippen LogP contribution is 2.06. The van der Waals surface area contributed by atoms with Crippen LogP contribution in [0.1, 0.15) is 59.3 Å². The summed E-state index contributed by atoms with van der Waals surface area (Å²) >= 11 is 0. The molecule has 0 aliphatic heterocycles. The Morgan fingerprint density at radius 3 is 2.00 bits per heavy atom. The number of carboxylic acid groups (broad SMARTS) is 1. The molecule has 0 aromatic rings. The fourth-order valence-electron chi connectivity index (χ4n) is 1.04. The molecule has 0 bridgehead atoms. The quantitative estimate of drug-likeness (QED) is 0.654. The topological polar surface area (TPSA) is 57.5 Å². The molecule has 0 saturated carbocycles. The predicted molar refractivity (Wildman–Crippen MR) is 58.4 cm³/mol. The van der Waals surface area contributed by atoms with Crippen molar-refractivity contribution in [3.05, 3.63) is 0 Å². The number of aliphatic hydroxyl groups excluding tert-OH is 1. The Kier molecular flexibility index (Phi) is 14.1. The van der Waals surface area contributed by atoms with E-state index in [0.717, 1.165) is 13.3 Å². The Morgan fingerprint density at radius 1 is 1.21 bits per heavy atom. The zero-order valence-corrected chi connectivity index (χ0v) is 9.62. The van der Waals surface area contributed by atoms with Gasteiger partial charge in [-0.15, -0.1) is 0 Å². The summed E-state index contributed by atoms with van der Waals surface area (Å²) in [7, 11) is 0. The van der Waals surface area contributed by atoms with E-state index < -0.39 is 5.97 Å². The summed E-state index contributed by atoms with van der Waals surface area (Å²) < 4.78 is 0. The van der Waals surface area contributed by atoms with E-state index in [4.69, 9.17) is 15.0 Å². The Labute approximate surface area is 87.1 Å². The molecule has 3 heteroatoms. The molecule has 86 valence electrons. The minimum absolute atomic E-state index is 0.0957. The molecule has 0 aliphatic rings. The van der Waals surface area contributed by atoms with Crippen molar-refractivity contribution in [2.75, 3.05) is 0 Å². The van der Waals surface area contributed by atoms with E-state index in [9.17, 15) is 0 Å². The number of carbonyl (C=O) groups is 1. The molecule has 0 aromatic carbocycles. The average Bonchev–Trinajstić information content (AvgIpc) is 2.02. The number of rotatable bonds is 6. The van der Waals surface area contributed by atoms with Gasteiger partial charge in [0.1, 0.15) is 0 Å². The number of aliphatic hydroxyl groups is 1. The molecule has 14 heavy (non-hydrogen) atoms. The van der Waals surface area contributed by atoms with Crippen LogP contribution in [0.2, 0.25) is 0 Å². The van der Waals surface area contributed by atoms with Gasteiger partial charge < -0.3 is 10.2 Å². The maximum atomic E-state index is 9.00. The third-order valence-corrected chi connectivity index (χ3v) is 1.73. The predicted octanol–water partition coefficient (Wildman–Crippen LogP) is 2.82. The van der Waals surface area contributed by atoms with Gasteiger partial charge in [0, 0.05) is 6.92 Å². The first-order chi connectivity index (χ1) is 6.50. The first kappa shape index (κ1) is 15.9. The van der Waals surface area contributed by atoms with E-state index in [0.29, 0.717) is 0 Å². The van der Waals surface area contributed by atoms with Gasteiger partial charge >= 0.3 is 0 Å². The van der Waals surface area contributed by atoms with Gasteiger partial charge in [0.15, 0.2) is 0 Å². The second-order valence-corrected chi connectivity index (χ2v) is 3.57. The highest BCUT2D eigenvalue weighted by Gasteiger charge is 1.94. The molecule has 0 aromatic heterocycles. The molecule has 0 radical (unpaired) electrons. The van der Waals surface area contributed by atoms with Crippen molar-refractivity contribution in [3.63, 3.8) is 0 Å². The van der Waals surface area contributed by atoms with Crippen LogP contribution in [0.25, 0.3) is 0 Å². The van der Waals surface area contributed by atoms with Crippen molar-refractivity contribution in [2.45, 2.75) is 65.4 Å². The van der Waals surface area contributed by atoms with Crippen molar-refractivity contribution >= 4 is 5.97 Å². The van der Waals surface area contributed by atoms with E-state index in [1.165, 1.54) is 32.1 Å². The van der Waals surface area contributed by atoms with Crippen LogP contribution in [-0.4, -0.2) is 22.3 Å². The normalized spacial score (nSPS) is 11.4. The Balaban J connectivity index is 0. The van der Waals surface area contributed by atoms with E-state index >= 15 is 0 Å². The maximum Gasteiger partial charge on any atom is 0.300 e. The lowest BCUT2D eigenvalue weighted by atomic mass is 10.1. The van der Waals surface area contributed by atoms with Crippen molar-refractivity contribution in [3.8, 4) is 0 Å². The summed E-state index contributed by atoms with van der Waals surface area (Å²) in [5.74, 6) is -0.833. The maximum absolute atomic E-state index is 9.00. The summed E-state index contributed by atoms with van der Waals surface area (Å²) in [6, 6.07) is 0. The lowest BCUT2D eigenvalue weighted by Gasteiger charge is -2.02. The van der Waals surface area contributed by atoms with Gasteiger partial charge in [0.25, 0.3) is 5.97 Å². The summed E-state index contributed by atoms with van der Waals surface area (Å²) in [5, 5.41) is 16.3. The van der Waals surface area contributed by atoms with Gasteiger partial charge in [-0.1, -0.05) is 39.0 Å². The first-order valence-electron chi connectivity index (χ1n) is 5.38. The molecule has 0 rings (SSSR count). The number of aliphatic carboxylic acids is 1. The van der Waals surface area contributed by atoms with Gasteiger partial charge in [-0.3, -0.25) is 4.79 Å². The highest BCUT2D eigenvalue weighted by atomic mass is 16.4. The van der Waals surface area contributed by atoms with Gasteiger partial charge in [-0.25, -0.2) is 0 Å². The minimum atomic E-state index is -0.833. The van der Waals surface area contributed by atoms with Crippen LogP contribution in [0.3, 0.4) is 0 Å². The lowest BCUT2D eigenvalue weighted by molar-refractivity contribution is -0.134. The molecular weight excluding hydrogens is 180 g/mol. The lowest BCUT2D eigenvalue weighted by Crippen LogP contribution is -1.97. The van der Waals surface area contributed by atoms with Crippen LogP contribution in [0.4, 0.5) is 0 Å². The summed E-state index contributed by atoms with van der Waals surface area (Å²) in [6.45, 7) is 5.16. The standard InChI is InChI=1S/C9H20O.C2H4O2/c1-3-4-5-6-7-8-9(2)10;1-2(3)4/h9-10H,3-8H2,1-2H3;1H3,(H,3,4). The Morgan fingerprint density at radius 2 is 1.64 bits per heavy atom. The van der Waals surface area contributed by atoms with Crippen molar-refractivity contribution in [1.82, 2.24) is 0 Å². The third-order valence-electron chi connectivity index (χ3n) is 1.73. The fourth-order valence-corrected chi connectivity index (χ4v) is 1.04. The molecule has 2 N–H and O–H groups in total. The number of carboxylic acids is 1. The van der Waals surface area contributed by atoms with Crippen molar-refractivity contribution in [1.29, 1.82) is 0 Å². The summed E-state index contributed by atoms with van der Waals surface area (Å²) in [5.41, 5.74) is 0. The molecule has 0 fully saturated rings. The second-order valence-electron chi connectivity index (χ2n) is 3.57. The zero-order valence-electron chi connectivity index (χ0n) is 9.62. The largest absolute Gasteiger partial charge is 0.481 e. The SMILES string of the molecule is CC(=O)O.CCCCCCCC(C)O.